The first-order valence-corrected chi connectivity index (χ1v) is 13.3. The minimum atomic E-state index is -2.73. The van der Waals surface area contributed by atoms with Crippen molar-refractivity contribution in [2.24, 2.45) is 11.7 Å². The van der Waals surface area contributed by atoms with Gasteiger partial charge in [-0.05, 0) is 36.1 Å². The lowest BCUT2D eigenvalue weighted by molar-refractivity contribution is -0.136. The summed E-state index contributed by atoms with van der Waals surface area (Å²) in [5, 5.41) is 53.8. The van der Waals surface area contributed by atoms with Crippen LogP contribution in [0.5, 0.6) is 11.5 Å². The topological polar surface area (TPSA) is 201 Å². The van der Waals surface area contributed by atoms with E-state index in [9.17, 15) is 34.8 Å². The first-order valence-electron chi connectivity index (χ1n) is 13.3. The van der Waals surface area contributed by atoms with E-state index in [-0.39, 0.29) is 60.9 Å². The normalized spacial score (nSPS) is 25.1. The number of primary amides is 1. The molecule has 13 nitrogen and oxygen atoms in total. The van der Waals surface area contributed by atoms with Gasteiger partial charge in [0.1, 0.15) is 22.8 Å². The van der Waals surface area contributed by atoms with Crippen molar-refractivity contribution < 1.29 is 39.5 Å². The molecule has 0 radical (unpaired) electrons. The summed E-state index contributed by atoms with van der Waals surface area (Å²) in [5.74, 6) is -6.41. The van der Waals surface area contributed by atoms with Crippen LogP contribution >= 0.6 is 0 Å². The molecule has 1 amide bonds. The Bertz CT molecular complexity index is 1670. The zero-order chi connectivity index (χ0) is 29.4. The summed E-state index contributed by atoms with van der Waals surface area (Å²) in [6.45, 7) is 5.05. The molecule has 2 aliphatic carbocycles. The SMILES string of the molecule is CC(C)c1cn(-c2ccc(O)c3c(O)c4c(cc23)CC2C(N3CCOCC3)C(=O)C(C(N)=O)=C(O)C2(O)C4=O)nn1. The van der Waals surface area contributed by atoms with Gasteiger partial charge >= 0.3 is 0 Å². The zero-order valence-corrected chi connectivity index (χ0v) is 22.4. The maximum Gasteiger partial charge on any atom is 0.255 e. The van der Waals surface area contributed by atoms with Gasteiger partial charge in [-0.25, -0.2) is 4.68 Å². The molecule has 3 aromatic rings. The van der Waals surface area contributed by atoms with E-state index in [1.165, 1.54) is 10.7 Å². The predicted molar refractivity (Wildman–Crippen MR) is 143 cm³/mol. The fraction of sp³-hybridized carbons (Fsp3) is 0.393. The van der Waals surface area contributed by atoms with Crippen LogP contribution in [0, 0.1) is 5.92 Å². The Hall–Kier alpha value is -4.33. The van der Waals surface area contributed by atoms with Gasteiger partial charge in [-0.15, -0.1) is 5.10 Å². The Balaban J connectivity index is 1.59. The minimum absolute atomic E-state index is 0.0755. The lowest BCUT2D eigenvalue weighted by Gasteiger charge is -2.49. The third-order valence-electron chi connectivity index (χ3n) is 8.39. The number of aromatic nitrogens is 3. The maximum atomic E-state index is 14.1. The number of hydrogen-bond acceptors (Lipinski definition) is 11. The van der Waals surface area contributed by atoms with Gasteiger partial charge in [-0.3, -0.25) is 19.3 Å². The van der Waals surface area contributed by atoms with E-state index in [2.05, 4.69) is 10.3 Å². The highest BCUT2D eigenvalue weighted by atomic mass is 16.5. The number of carbonyl (C=O) groups excluding carboxylic acids is 3. The standard InChI is InChI=1S/C28H29N5O8/c1-12(2)16-11-33(31-30-16)17-3-4-18(34)20-14(17)9-13-10-15-22(32-5-7-41-8-6-32)24(36)21(27(29)39)26(38)28(15,40)25(37)19(13)23(20)35/h3-4,9,11-12,15,22,34-35,38,40H,5-8,10H2,1-2H3,(H2,29,39). The Labute approximate surface area is 233 Å². The number of nitrogens with two attached hydrogens (primary N) is 1. The molecule has 0 bridgehead atoms. The average Bonchev–Trinajstić information content (AvgIpc) is 3.42. The highest BCUT2D eigenvalue weighted by Crippen LogP contribution is 2.50. The van der Waals surface area contributed by atoms with Gasteiger partial charge in [0, 0.05) is 24.4 Å². The van der Waals surface area contributed by atoms with Crippen LogP contribution in [0.1, 0.15) is 41.4 Å². The van der Waals surface area contributed by atoms with Crippen molar-refractivity contribution in [1.29, 1.82) is 0 Å². The molecule has 13 heteroatoms. The van der Waals surface area contributed by atoms with Crippen molar-refractivity contribution in [2.45, 2.75) is 37.8 Å². The zero-order valence-electron chi connectivity index (χ0n) is 22.4. The lowest BCUT2D eigenvalue weighted by atomic mass is 9.61. The molecule has 1 fully saturated rings. The molecule has 2 aromatic carbocycles. The van der Waals surface area contributed by atoms with Crippen molar-refractivity contribution >= 4 is 28.2 Å². The largest absolute Gasteiger partial charge is 0.508 e. The molecule has 0 saturated carbocycles. The molecule has 1 aliphatic heterocycles. The van der Waals surface area contributed by atoms with E-state index in [0.29, 0.717) is 11.1 Å². The van der Waals surface area contributed by atoms with Crippen LogP contribution in [0.15, 0.2) is 35.7 Å². The average molecular weight is 564 g/mol. The molecule has 3 atom stereocenters. The molecule has 0 spiro atoms. The van der Waals surface area contributed by atoms with E-state index in [0.717, 1.165) is 5.69 Å². The predicted octanol–water partition coefficient (Wildman–Crippen LogP) is 0.622. The monoisotopic (exact) mass is 563 g/mol. The number of fused-ring (bicyclic) bond motifs is 3. The number of phenolic OH excluding ortho intramolecular Hbond substituents is 2. The van der Waals surface area contributed by atoms with Crippen molar-refractivity contribution in [3.05, 3.63) is 52.5 Å². The molecule has 1 aromatic heterocycles. The Morgan fingerprint density at radius 3 is 2.51 bits per heavy atom. The fourth-order valence-electron chi connectivity index (χ4n) is 6.31. The first-order chi connectivity index (χ1) is 19.5. The summed E-state index contributed by atoms with van der Waals surface area (Å²) < 4.78 is 6.90. The molecular formula is C28H29N5O8. The Morgan fingerprint density at radius 2 is 1.88 bits per heavy atom. The van der Waals surface area contributed by atoms with E-state index >= 15 is 0 Å². The molecule has 6 rings (SSSR count). The summed E-state index contributed by atoms with van der Waals surface area (Å²) in [4.78, 5) is 41.7. The fourth-order valence-corrected chi connectivity index (χ4v) is 6.31. The van der Waals surface area contributed by atoms with Crippen LogP contribution in [0.4, 0.5) is 0 Å². The number of aromatic hydroxyl groups is 2. The van der Waals surface area contributed by atoms with E-state index < -0.39 is 52.1 Å². The summed E-state index contributed by atoms with van der Waals surface area (Å²) in [7, 11) is 0. The van der Waals surface area contributed by atoms with Crippen molar-refractivity contribution in [3.63, 3.8) is 0 Å². The van der Waals surface area contributed by atoms with Gasteiger partial charge < -0.3 is 30.9 Å². The number of amides is 1. The number of hydrogen-bond donors (Lipinski definition) is 5. The maximum absolute atomic E-state index is 14.1. The molecule has 6 N–H and O–H groups in total. The van der Waals surface area contributed by atoms with E-state index in [4.69, 9.17) is 10.5 Å². The number of Topliss-reactive ketones (excluding diaryl/α,β-unsaturated/α-hetero) is 2. The van der Waals surface area contributed by atoms with Gasteiger partial charge in [0.2, 0.25) is 5.78 Å². The number of rotatable bonds is 4. The van der Waals surface area contributed by atoms with Crippen molar-refractivity contribution in [1.82, 2.24) is 19.9 Å². The number of phenols is 2. The van der Waals surface area contributed by atoms with Gasteiger partial charge in [0.25, 0.3) is 5.91 Å². The number of aliphatic hydroxyl groups excluding tert-OH is 1. The third kappa shape index (κ3) is 3.76. The quantitative estimate of drug-likeness (QED) is 0.279. The smallest absolute Gasteiger partial charge is 0.255 e. The van der Waals surface area contributed by atoms with Crippen LogP contribution < -0.4 is 5.73 Å². The number of ether oxygens (including phenoxy) is 1. The molecule has 3 aliphatic rings. The second kappa shape index (κ2) is 9.36. The third-order valence-corrected chi connectivity index (χ3v) is 8.39. The highest BCUT2D eigenvalue weighted by molar-refractivity contribution is 6.25. The Morgan fingerprint density at radius 1 is 1.17 bits per heavy atom. The number of carbonyl (C=O) groups is 3. The second-order valence-corrected chi connectivity index (χ2v) is 11.0. The summed E-state index contributed by atoms with van der Waals surface area (Å²) in [5.41, 5.74) is 2.98. The van der Waals surface area contributed by atoms with Gasteiger partial charge in [-0.2, -0.15) is 0 Å². The van der Waals surface area contributed by atoms with E-state index in [1.807, 2.05) is 13.8 Å². The number of nitrogens with zero attached hydrogens (tertiary/aromatic N) is 4. The van der Waals surface area contributed by atoms with Gasteiger partial charge in [0.05, 0.1) is 47.8 Å². The summed E-state index contributed by atoms with van der Waals surface area (Å²) >= 11 is 0. The first kappa shape index (κ1) is 26.9. The highest BCUT2D eigenvalue weighted by Gasteiger charge is 2.62. The number of aliphatic hydroxyl groups is 2. The molecule has 41 heavy (non-hydrogen) atoms. The van der Waals surface area contributed by atoms with Crippen LogP contribution in [0.3, 0.4) is 0 Å². The second-order valence-electron chi connectivity index (χ2n) is 11.0. The van der Waals surface area contributed by atoms with E-state index in [1.54, 1.807) is 23.2 Å². The van der Waals surface area contributed by atoms with Crippen molar-refractivity contribution in [3.8, 4) is 17.2 Å². The Kier molecular flexibility index (Phi) is 6.14. The van der Waals surface area contributed by atoms with Crippen LogP contribution in [0.2, 0.25) is 0 Å². The van der Waals surface area contributed by atoms with Crippen molar-refractivity contribution in [2.75, 3.05) is 26.3 Å². The van der Waals surface area contributed by atoms with Gasteiger partial charge in [0.15, 0.2) is 11.4 Å². The number of benzene rings is 2. The molecule has 2 heterocycles. The molecule has 3 unspecified atom stereocenters. The lowest BCUT2D eigenvalue weighted by Crippen LogP contribution is -2.66. The summed E-state index contributed by atoms with van der Waals surface area (Å²) in [6, 6.07) is 3.35. The van der Waals surface area contributed by atoms with Crippen LogP contribution in [-0.4, -0.2) is 95.7 Å². The van der Waals surface area contributed by atoms with Gasteiger partial charge in [-0.1, -0.05) is 19.1 Å². The minimum Gasteiger partial charge on any atom is -0.508 e. The number of ketones is 2. The summed E-state index contributed by atoms with van der Waals surface area (Å²) in [6.07, 6.45) is 1.59. The molecular weight excluding hydrogens is 534 g/mol. The van der Waals surface area contributed by atoms with Crippen LogP contribution in [0.25, 0.3) is 16.5 Å². The van der Waals surface area contributed by atoms with Crippen LogP contribution in [-0.2, 0) is 20.7 Å². The molecule has 1 saturated heterocycles. The number of morpholine rings is 1. The molecule has 214 valence electrons.